The highest BCUT2D eigenvalue weighted by Gasteiger charge is 2.32. The van der Waals surface area contributed by atoms with Gasteiger partial charge in [-0.05, 0) is 34.6 Å². The standard InChI is InChI=1S/C27H32N2O6/c1-16(2)24(12-25(30)28-13-18-11-17(14-34-18)26(31)32)29-27(33)35-15-23-21-9-5-3-7-19(21)20-8-4-6-10-22(20)23/h3-10,16-18,23-24H,11-15H2,1-2H3,(H,28,30)(H,29,33)(H,31,32)/t17-,18-,24+/m1/s1. The number of rotatable bonds is 9. The third kappa shape index (κ3) is 5.82. The summed E-state index contributed by atoms with van der Waals surface area (Å²) >= 11 is 0. The number of carbonyl (C=O) groups excluding carboxylic acids is 2. The van der Waals surface area contributed by atoms with E-state index in [4.69, 9.17) is 14.6 Å². The Hall–Kier alpha value is -3.39. The number of amides is 2. The molecule has 8 heteroatoms. The molecule has 0 spiro atoms. The molecule has 1 saturated heterocycles. The molecular weight excluding hydrogens is 448 g/mol. The van der Waals surface area contributed by atoms with Crippen LogP contribution in [0.4, 0.5) is 4.79 Å². The van der Waals surface area contributed by atoms with Crippen molar-refractivity contribution in [3.05, 3.63) is 59.7 Å². The van der Waals surface area contributed by atoms with Crippen LogP contribution in [-0.4, -0.2) is 55.0 Å². The summed E-state index contributed by atoms with van der Waals surface area (Å²) in [5, 5.41) is 14.7. The molecule has 35 heavy (non-hydrogen) atoms. The molecule has 3 N–H and O–H groups in total. The first-order valence-corrected chi connectivity index (χ1v) is 12.1. The maximum absolute atomic E-state index is 12.6. The molecule has 2 amide bonds. The largest absolute Gasteiger partial charge is 0.481 e. The number of carboxylic acids is 1. The van der Waals surface area contributed by atoms with Gasteiger partial charge in [-0.3, -0.25) is 9.59 Å². The van der Waals surface area contributed by atoms with Crippen LogP contribution in [0.5, 0.6) is 0 Å². The van der Waals surface area contributed by atoms with E-state index >= 15 is 0 Å². The minimum Gasteiger partial charge on any atom is -0.481 e. The Morgan fingerprint density at radius 3 is 2.26 bits per heavy atom. The lowest BCUT2D eigenvalue weighted by molar-refractivity contribution is -0.141. The number of ether oxygens (including phenoxy) is 2. The molecule has 1 aliphatic carbocycles. The number of alkyl carbamates (subject to hydrolysis) is 1. The monoisotopic (exact) mass is 480 g/mol. The van der Waals surface area contributed by atoms with E-state index in [2.05, 4.69) is 34.9 Å². The van der Waals surface area contributed by atoms with E-state index in [0.717, 1.165) is 22.3 Å². The zero-order chi connectivity index (χ0) is 24.9. The Morgan fingerprint density at radius 1 is 1.06 bits per heavy atom. The van der Waals surface area contributed by atoms with Crippen LogP contribution < -0.4 is 10.6 Å². The summed E-state index contributed by atoms with van der Waals surface area (Å²) in [7, 11) is 0. The third-order valence-electron chi connectivity index (χ3n) is 6.81. The van der Waals surface area contributed by atoms with Crippen LogP contribution in [-0.2, 0) is 19.1 Å². The van der Waals surface area contributed by atoms with Crippen molar-refractivity contribution >= 4 is 18.0 Å². The highest BCUT2D eigenvalue weighted by Crippen LogP contribution is 2.44. The average molecular weight is 481 g/mol. The van der Waals surface area contributed by atoms with Crippen molar-refractivity contribution in [1.82, 2.24) is 10.6 Å². The zero-order valence-corrected chi connectivity index (χ0v) is 20.0. The fraction of sp³-hybridized carbons (Fsp3) is 0.444. The summed E-state index contributed by atoms with van der Waals surface area (Å²) < 4.78 is 11.1. The molecule has 186 valence electrons. The SMILES string of the molecule is CC(C)[C@H](CC(=O)NC[C@H]1C[C@@H](C(=O)O)CO1)NC(=O)OCC1c2ccccc2-c2ccccc21. The van der Waals surface area contributed by atoms with Gasteiger partial charge in [0.25, 0.3) is 0 Å². The van der Waals surface area contributed by atoms with Gasteiger partial charge in [0.2, 0.25) is 5.91 Å². The van der Waals surface area contributed by atoms with Gasteiger partial charge in [0, 0.05) is 24.9 Å². The van der Waals surface area contributed by atoms with E-state index in [1.807, 2.05) is 38.1 Å². The van der Waals surface area contributed by atoms with Crippen LogP contribution in [0.3, 0.4) is 0 Å². The Balaban J connectivity index is 1.28. The van der Waals surface area contributed by atoms with E-state index < -0.39 is 24.0 Å². The molecule has 1 heterocycles. The van der Waals surface area contributed by atoms with E-state index in [1.165, 1.54) is 0 Å². The second-order valence-corrected chi connectivity index (χ2v) is 9.55. The Morgan fingerprint density at radius 2 is 1.69 bits per heavy atom. The molecule has 0 bridgehead atoms. The van der Waals surface area contributed by atoms with Crippen molar-refractivity contribution in [1.29, 1.82) is 0 Å². The Labute approximate surface area is 205 Å². The molecule has 8 nitrogen and oxygen atoms in total. The number of fused-ring (bicyclic) bond motifs is 3. The molecular formula is C27H32N2O6. The van der Waals surface area contributed by atoms with Gasteiger partial charge in [-0.25, -0.2) is 4.79 Å². The fourth-order valence-electron chi connectivity index (χ4n) is 4.76. The van der Waals surface area contributed by atoms with Crippen molar-refractivity contribution in [2.45, 2.75) is 44.8 Å². The molecule has 3 atom stereocenters. The van der Waals surface area contributed by atoms with E-state index in [9.17, 15) is 14.4 Å². The lowest BCUT2D eigenvalue weighted by Gasteiger charge is -2.23. The van der Waals surface area contributed by atoms with Crippen LogP contribution >= 0.6 is 0 Å². The van der Waals surface area contributed by atoms with Gasteiger partial charge < -0.3 is 25.2 Å². The molecule has 1 fully saturated rings. The molecule has 0 saturated carbocycles. The number of aliphatic carboxylic acids is 1. The highest BCUT2D eigenvalue weighted by atomic mass is 16.5. The van der Waals surface area contributed by atoms with Gasteiger partial charge in [0.05, 0.1) is 18.6 Å². The number of hydrogen-bond acceptors (Lipinski definition) is 5. The lowest BCUT2D eigenvalue weighted by atomic mass is 9.98. The maximum Gasteiger partial charge on any atom is 0.407 e. The molecule has 0 unspecified atom stereocenters. The molecule has 2 aromatic rings. The highest BCUT2D eigenvalue weighted by molar-refractivity contribution is 5.79. The van der Waals surface area contributed by atoms with E-state index in [-0.39, 0.29) is 50.0 Å². The average Bonchev–Trinajstić information content (AvgIpc) is 3.44. The van der Waals surface area contributed by atoms with Gasteiger partial charge in [-0.1, -0.05) is 62.4 Å². The second-order valence-electron chi connectivity index (χ2n) is 9.55. The first-order chi connectivity index (χ1) is 16.8. The quantitative estimate of drug-likeness (QED) is 0.506. The van der Waals surface area contributed by atoms with Gasteiger partial charge in [0.1, 0.15) is 6.61 Å². The van der Waals surface area contributed by atoms with Crippen LogP contribution in [0.25, 0.3) is 11.1 Å². The minimum atomic E-state index is -0.883. The summed E-state index contributed by atoms with van der Waals surface area (Å²) in [5.74, 6) is -1.66. The van der Waals surface area contributed by atoms with Crippen molar-refractivity contribution < 1.29 is 29.0 Å². The number of benzene rings is 2. The summed E-state index contributed by atoms with van der Waals surface area (Å²) in [6.45, 7) is 4.48. The summed E-state index contributed by atoms with van der Waals surface area (Å²) in [5.41, 5.74) is 4.60. The van der Waals surface area contributed by atoms with Gasteiger partial charge in [0.15, 0.2) is 0 Å². The first kappa shape index (κ1) is 24.7. The number of carbonyl (C=O) groups is 3. The zero-order valence-electron chi connectivity index (χ0n) is 20.0. The molecule has 1 aliphatic heterocycles. The Bertz CT molecular complexity index is 1040. The lowest BCUT2D eigenvalue weighted by Crippen LogP contribution is -2.43. The predicted molar refractivity (Wildman–Crippen MR) is 130 cm³/mol. The van der Waals surface area contributed by atoms with Crippen molar-refractivity contribution in [2.75, 3.05) is 19.8 Å². The number of carboxylic acid groups (broad SMARTS) is 1. The van der Waals surface area contributed by atoms with Gasteiger partial charge in [-0.15, -0.1) is 0 Å². The van der Waals surface area contributed by atoms with Crippen LogP contribution in [0.1, 0.15) is 43.7 Å². The van der Waals surface area contributed by atoms with Crippen LogP contribution in [0, 0.1) is 11.8 Å². The predicted octanol–water partition coefficient (Wildman–Crippen LogP) is 3.55. The smallest absolute Gasteiger partial charge is 0.407 e. The third-order valence-corrected chi connectivity index (χ3v) is 6.81. The maximum atomic E-state index is 12.6. The normalized spacial score (nSPS) is 19.6. The summed E-state index contributed by atoms with van der Waals surface area (Å²) in [6.07, 6.45) is -0.396. The van der Waals surface area contributed by atoms with E-state index in [1.54, 1.807) is 0 Å². The van der Waals surface area contributed by atoms with Crippen molar-refractivity contribution in [2.24, 2.45) is 11.8 Å². The molecule has 2 aliphatic rings. The minimum absolute atomic E-state index is 0.0142. The molecule has 2 aromatic carbocycles. The fourth-order valence-corrected chi connectivity index (χ4v) is 4.76. The van der Waals surface area contributed by atoms with Crippen LogP contribution in [0.15, 0.2) is 48.5 Å². The molecule has 0 aromatic heterocycles. The topological polar surface area (TPSA) is 114 Å². The number of nitrogens with one attached hydrogen (secondary N) is 2. The second kappa shape index (κ2) is 10.9. The molecule has 4 rings (SSSR count). The first-order valence-electron chi connectivity index (χ1n) is 12.1. The Kier molecular flexibility index (Phi) is 7.70. The van der Waals surface area contributed by atoms with Crippen LogP contribution in [0.2, 0.25) is 0 Å². The summed E-state index contributed by atoms with van der Waals surface area (Å²) in [6, 6.07) is 15.9. The number of hydrogen-bond donors (Lipinski definition) is 3. The van der Waals surface area contributed by atoms with Gasteiger partial charge >= 0.3 is 12.1 Å². The van der Waals surface area contributed by atoms with Crippen molar-refractivity contribution in [3.8, 4) is 11.1 Å². The van der Waals surface area contributed by atoms with Crippen molar-refractivity contribution in [3.63, 3.8) is 0 Å². The summed E-state index contributed by atoms with van der Waals surface area (Å²) in [4.78, 5) is 36.2. The molecule has 0 radical (unpaired) electrons. The van der Waals surface area contributed by atoms with Gasteiger partial charge in [-0.2, -0.15) is 0 Å². The van der Waals surface area contributed by atoms with E-state index in [0.29, 0.717) is 6.42 Å².